The largest absolute Gasteiger partial charge is 0.497 e. The Labute approximate surface area is 199 Å². The number of para-hydroxylation sites is 1. The van der Waals surface area contributed by atoms with Crippen LogP contribution in [0.25, 0.3) is 10.9 Å². The van der Waals surface area contributed by atoms with E-state index >= 15 is 0 Å². The van der Waals surface area contributed by atoms with E-state index in [-0.39, 0.29) is 5.91 Å². The van der Waals surface area contributed by atoms with Crippen LogP contribution in [-0.4, -0.2) is 81.3 Å². The monoisotopic (exact) mass is 468 g/mol. The van der Waals surface area contributed by atoms with E-state index in [0.717, 1.165) is 60.8 Å². The van der Waals surface area contributed by atoms with Crippen LogP contribution >= 0.6 is 0 Å². The predicted molar refractivity (Wildman–Crippen MR) is 129 cm³/mol. The number of hydrogen-bond acceptors (Lipinski definition) is 7. The third-order valence-electron chi connectivity index (χ3n) is 6.01. The van der Waals surface area contributed by atoms with Crippen molar-refractivity contribution in [2.45, 2.75) is 13.0 Å². The maximum absolute atomic E-state index is 13.1. The van der Waals surface area contributed by atoms with Gasteiger partial charge in [-0.05, 0) is 30.2 Å². The number of methoxy groups -OCH3 is 3. The highest BCUT2D eigenvalue weighted by Gasteiger charge is 2.20. The van der Waals surface area contributed by atoms with Crippen molar-refractivity contribution in [1.82, 2.24) is 20.0 Å². The Hall–Kier alpha value is -3.30. The van der Waals surface area contributed by atoms with E-state index in [1.54, 1.807) is 21.3 Å². The number of rotatable bonds is 10. The van der Waals surface area contributed by atoms with Gasteiger partial charge in [0, 0.05) is 37.6 Å². The molecule has 1 aromatic heterocycles. The van der Waals surface area contributed by atoms with Crippen LogP contribution in [0.2, 0.25) is 0 Å². The molecule has 4 rings (SSSR count). The number of nitrogens with zero attached hydrogens (tertiary/aromatic N) is 3. The van der Waals surface area contributed by atoms with Crippen LogP contribution in [-0.2, 0) is 17.7 Å². The lowest BCUT2D eigenvalue weighted by Gasteiger charge is -2.26. The van der Waals surface area contributed by atoms with Gasteiger partial charge in [-0.2, -0.15) is 5.10 Å². The van der Waals surface area contributed by atoms with Gasteiger partial charge in [0.1, 0.15) is 22.8 Å². The maximum Gasteiger partial charge on any atom is 0.272 e. The smallest absolute Gasteiger partial charge is 0.272 e. The molecule has 0 spiro atoms. The van der Waals surface area contributed by atoms with Crippen molar-refractivity contribution in [3.05, 3.63) is 47.7 Å². The molecule has 1 aliphatic rings. The zero-order valence-corrected chi connectivity index (χ0v) is 20.0. The topological polar surface area (TPSA) is 87.1 Å². The fourth-order valence-electron chi connectivity index (χ4n) is 4.17. The summed E-state index contributed by atoms with van der Waals surface area (Å²) in [4.78, 5) is 15.5. The summed E-state index contributed by atoms with van der Waals surface area (Å²) in [6, 6.07) is 11.4. The van der Waals surface area contributed by atoms with Crippen molar-refractivity contribution in [1.29, 1.82) is 0 Å². The zero-order valence-electron chi connectivity index (χ0n) is 20.0. The van der Waals surface area contributed by atoms with Crippen LogP contribution in [0.3, 0.4) is 0 Å². The first-order chi connectivity index (χ1) is 16.6. The Morgan fingerprint density at radius 2 is 1.76 bits per heavy atom. The molecule has 1 N–H and O–H groups in total. The Balaban J connectivity index is 1.48. The predicted octanol–water partition coefficient (Wildman–Crippen LogP) is 2.37. The standard InChI is InChI=1S/C25H32N4O5/c1-31-19-15-18(16-20(17-19)32-2)7-8-26-25(30)23-21-5-4-6-22(33-3)24(21)29(27-23)10-9-28-11-13-34-14-12-28/h4-6,15-17H,7-14H2,1-3H3,(H,26,30). The van der Waals surface area contributed by atoms with Gasteiger partial charge in [0.25, 0.3) is 5.91 Å². The van der Waals surface area contributed by atoms with Crippen molar-refractivity contribution in [2.75, 3.05) is 60.7 Å². The Bertz CT molecular complexity index is 1100. The maximum atomic E-state index is 13.1. The molecule has 0 bridgehead atoms. The molecule has 2 aromatic carbocycles. The van der Waals surface area contributed by atoms with Gasteiger partial charge in [-0.1, -0.05) is 12.1 Å². The number of nitrogens with one attached hydrogen (secondary N) is 1. The highest BCUT2D eigenvalue weighted by Crippen LogP contribution is 2.28. The summed E-state index contributed by atoms with van der Waals surface area (Å²) in [5.41, 5.74) is 2.25. The van der Waals surface area contributed by atoms with E-state index in [2.05, 4.69) is 15.3 Å². The molecule has 1 fully saturated rings. The molecule has 0 radical (unpaired) electrons. The molecule has 1 amide bonds. The molecule has 0 saturated carbocycles. The lowest BCUT2D eigenvalue weighted by atomic mass is 10.1. The Morgan fingerprint density at radius 1 is 1.03 bits per heavy atom. The Kier molecular flexibility index (Phi) is 7.87. The van der Waals surface area contributed by atoms with Crippen LogP contribution in [0.1, 0.15) is 16.1 Å². The average molecular weight is 469 g/mol. The third kappa shape index (κ3) is 5.43. The first-order valence-corrected chi connectivity index (χ1v) is 11.5. The summed E-state index contributed by atoms with van der Waals surface area (Å²) in [6.45, 7) is 5.25. The van der Waals surface area contributed by atoms with Gasteiger partial charge in [0.05, 0.1) is 41.1 Å². The number of morpholine rings is 1. The normalized spacial score (nSPS) is 14.2. The molecule has 1 aliphatic heterocycles. The minimum absolute atomic E-state index is 0.210. The molecule has 182 valence electrons. The molecule has 1 saturated heterocycles. The second kappa shape index (κ2) is 11.2. The van der Waals surface area contributed by atoms with Crippen molar-refractivity contribution in [3.8, 4) is 17.2 Å². The van der Waals surface area contributed by atoms with Gasteiger partial charge in [-0.15, -0.1) is 0 Å². The summed E-state index contributed by atoms with van der Waals surface area (Å²) in [5, 5.41) is 8.48. The second-order valence-corrected chi connectivity index (χ2v) is 8.11. The van der Waals surface area contributed by atoms with Crippen molar-refractivity contribution in [3.63, 3.8) is 0 Å². The average Bonchev–Trinajstić information content (AvgIpc) is 3.26. The molecule has 0 aliphatic carbocycles. The van der Waals surface area contributed by atoms with Gasteiger partial charge < -0.3 is 24.3 Å². The van der Waals surface area contributed by atoms with Crippen LogP contribution in [0, 0.1) is 0 Å². The van der Waals surface area contributed by atoms with Crippen LogP contribution in [0.15, 0.2) is 36.4 Å². The van der Waals surface area contributed by atoms with Crippen molar-refractivity contribution < 1.29 is 23.7 Å². The number of aromatic nitrogens is 2. The van der Waals surface area contributed by atoms with Crippen LogP contribution in [0.5, 0.6) is 17.2 Å². The number of carbonyl (C=O) groups is 1. The number of benzene rings is 2. The second-order valence-electron chi connectivity index (χ2n) is 8.11. The van der Waals surface area contributed by atoms with E-state index < -0.39 is 0 Å². The van der Waals surface area contributed by atoms with Gasteiger partial charge in [-0.3, -0.25) is 14.4 Å². The molecule has 2 heterocycles. The lowest BCUT2D eigenvalue weighted by molar-refractivity contribution is 0.0361. The number of hydrogen-bond donors (Lipinski definition) is 1. The van der Waals surface area contributed by atoms with E-state index in [1.165, 1.54) is 0 Å². The molecule has 34 heavy (non-hydrogen) atoms. The number of carbonyl (C=O) groups excluding carboxylic acids is 1. The lowest BCUT2D eigenvalue weighted by Crippen LogP contribution is -2.38. The summed E-state index contributed by atoms with van der Waals surface area (Å²) >= 11 is 0. The molecule has 0 unspecified atom stereocenters. The van der Waals surface area contributed by atoms with Crippen molar-refractivity contribution in [2.24, 2.45) is 0 Å². The quantitative estimate of drug-likeness (QED) is 0.489. The molecular formula is C25H32N4O5. The van der Waals surface area contributed by atoms with Gasteiger partial charge in [0.2, 0.25) is 0 Å². The van der Waals surface area contributed by atoms with Gasteiger partial charge in [-0.25, -0.2) is 0 Å². The number of ether oxygens (including phenoxy) is 4. The fourth-order valence-corrected chi connectivity index (χ4v) is 4.17. The van der Waals surface area contributed by atoms with E-state index in [4.69, 9.17) is 18.9 Å². The molecule has 9 heteroatoms. The number of amides is 1. The van der Waals surface area contributed by atoms with Crippen LogP contribution in [0.4, 0.5) is 0 Å². The fraction of sp³-hybridized carbons (Fsp3) is 0.440. The van der Waals surface area contributed by atoms with Gasteiger partial charge >= 0.3 is 0 Å². The molecule has 9 nitrogen and oxygen atoms in total. The summed E-state index contributed by atoms with van der Waals surface area (Å²) in [7, 11) is 4.88. The van der Waals surface area contributed by atoms with E-state index in [1.807, 2.05) is 41.1 Å². The minimum atomic E-state index is -0.210. The number of fused-ring (bicyclic) bond motifs is 1. The zero-order chi connectivity index (χ0) is 23.9. The summed E-state index contributed by atoms with van der Waals surface area (Å²) in [6.07, 6.45) is 0.637. The third-order valence-corrected chi connectivity index (χ3v) is 6.01. The van der Waals surface area contributed by atoms with Gasteiger partial charge in [0.15, 0.2) is 5.69 Å². The van der Waals surface area contributed by atoms with Crippen molar-refractivity contribution >= 4 is 16.8 Å². The minimum Gasteiger partial charge on any atom is -0.497 e. The summed E-state index contributed by atoms with van der Waals surface area (Å²) < 4.78 is 23.6. The molecule has 0 atom stereocenters. The molecule has 3 aromatic rings. The SMILES string of the molecule is COc1cc(CCNC(=O)c2nn(CCN3CCOCC3)c3c(OC)cccc23)cc(OC)c1. The first kappa shape index (κ1) is 23.8. The van der Waals surface area contributed by atoms with Crippen LogP contribution < -0.4 is 19.5 Å². The highest BCUT2D eigenvalue weighted by molar-refractivity contribution is 6.06. The summed E-state index contributed by atoms with van der Waals surface area (Å²) in [5.74, 6) is 1.93. The molecular weight excluding hydrogens is 436 g/mol. The van der Waals surface area contributed by atoms with E-state index in [9.17, 15) is 4.79 Å². The van der Waals surface area contributed by atoms with E-state index in [0.29, 0.717) is 31.0 Å². The Morgan fingerprint density at radius 3 is 2.44 bits per heavy atom. The first-order valence-electron chi connectivity index (χ1n) is 11.5. The highest BCUT2D eigenvalue weighted by atomic mass is 16.5.